The molecule has 1 aliphatic heterocycles. The minimum absolute atomic E-state index is 0.0279. The van der Waals surface area contributed by atoms with Crippen molar-refractivity contribution in [3.63, 3.8) is 0 Å². The Balaban J connectivity index is 2.12. The molecule has 1 unspecified atom stereocenters. The summed E-state index contributed by atoms with van der Waals surface area (Å²) >= 11 is 3.41. The van der Waals surface area contributed by atoms with E-state index in [1.165, 1.54) is 0 Å². The molecular weight excluding hydrogens is 284 g/mol. The van der Waals surface area contributed by atoms with Crippen LogP contribution in [0.2, 0.25) is 0 Å². The lowest BCUT2D eigenvalue weighted by Gasteiger charge is -2.15. The van der Waals surface area contributed by atoms with Crippen LogP contribution in [0.25, 0.3) is 0 Å². The van der Waals surface area contributed by atoms with Crippen molar-refractivity contribution in [3.8, 4) is 0 Å². The second-order valence-corrected chi connectivity index (χ2v) is 5.49. The fraction of sp³-hybridized carbons (Fsp3) is 0.583. The molecule has 4 nitrogen and oxygen atoms in total. The molecule has 1 amide bonds. The molecule has 5 heteroatoms. The second kappa shape index (κ2) is 5.23. The van der Waals surface area contributed by atoms with E-state index in [0.29, 0.717) is 12.3 Å². The van der Waals surface area contributed by atoms with Crippen LogP contribution in [0.1, 0.15) is 36.8 Å². The topological polar surface area (TPSA) is 43.3 Å². The quantitative estimate of drug-likeness (QED) is 0.931. The predicted octanol–water partition coefficient (Wildman–Crippen LogP) is 2.35. The predicted molar refractivity (Wildman–Crippen MR) is 69.2 cm³/mol. The Morgan fingerprint density at radius 1 is 1.65 bits per heavy atom. The minimum atomic E-state index is -0.0279. The minimum Gasteiger partial charge on any atom is -0.379 e. The van der Waals surface area contributed by atoms with Gasteiger partial charge in [0.05, 0.1) is 12.6 Å². The molecule has 0 spiro atoms. The molecule has 1 fully saturated rings. The van der Waals surface area contributed by atoms with Crippen LogP contribution in [0.5, 0.6) is 0 Å². The zero-order valence-electron chi connectivity index (χ0n) is 10.1. The van der Waals surface area contributed by atoms with E-state index in [9.17, 15) is 4.79 Å². The van der Waals surface area contributed by atoms with Gasteiger partial charge in [-0.15, -0.1) is 0 Å². The van der Waals surface area contributed by atoms with Gasteiger partial charge in [0.1, 0.15) is 5.69 Å². The van der Waals surface area contributed by atoms with Gasteiger partial charge in [0.15, 0.2) is 0 Å². The fourth-order valence-electron chi connectivity index (χ4n) is 1.96. The molecule has 1 aromatic rings. The first-order valence-corrected chi connectivity index (χ1v) is 6.63. The Bertz CT molecular complexity index is 409. The van der Waals surface area contributed by atoms with Gasteiger partial charge in [0.2, 0.25) is 0 Å². The van der Waals surface area contributed by atoms with Crippen LogP contribution in [-0.4, -0.2) is 29.7 Å². The molecule has 0 saturated carbocycles. The monoisotopic (exact) mass is 300 g/mol. The van der Waals surface area contributed by atoms with Crippen LogP contribution in [-0.2, 0) is 4.74 Å². The summed E-state index contributed by atoms with van der Waals surface area (Å²) in [6, 6.07) is 2.27. The normalized spacial score (nSPS) is 19.9. The molecule has 94 valence electrons. The zero-order valence-corrected chi connectivity index (χ0v) is 11.7. The van der Waals surface area contributed by atoms with Crippen LogP contribution >= 0.6 is 15.9 Å². The van der Waals surface area contributed by atoms with Gasteiger partial charge in [0.25, 0.3) is 5.91 Å². The van der Waals surface area contributed by atoms with Gasteiger partial charge in [-0.05, 0) is 42.3 Å². The molecule has 0 radical (unpaired) electrons. The Labute approximate surface area is 109 Å². The lowest BCUT2D eigenvalue weighted by Crippen LogP contribution is -2.36. The van der Waals surface area contributed by atoms with Gasteiger partial charge >= 0.3 is 0 Å². The van der Waals surface area contributed by atoms with Crippen LogP contribution in [0.15, 0.2) is 16.7 Å². The van der Waals surface area contributed by atoms with E-state index in [2.05, 4.69) is 35.1 Å². The summed E-state index contributed by atoms with van der Waals surface area (Å²) in [5.74, 6) is -0.0279. The van der Waals surface area contributed by atoms with E-state index in [4.69, 9.17) is 4.74 Å². The van der Waals surface area contributed by atoms with Crippen molar-refractivity contribution in [2.45, 2.75) is 32.4 Å². The van der Waals surface area contributed by atoms with Crippen LogP contribution in [0, 0.1) is 0 Å². The Hall–Kier alpha value is -0.810. The van der Waals surface area contributed by atoms with Crippen molar-refractivity contribution in [1.29, 1.82) is 0 Å². The van der Waals surface area contributed by atoms with Gasteiger partial charge in [-0.3, -0.25) is 4.79 Å². The number of carbonyl (C=O) groups is 1. The van der Waals surface area contributed by atoms with Gasteiger partial charge in [-0.2, -0.15) is 0 Å². The summed E-state index contributed by atoms with van der Waals surface area (Å²) in [4.78, 5) is 12.1. The highest BCUT2D eigenvalue weighted by Crippen LogP contribution is 2.19. The van der Waals surface area contributed by atoms with E-state index in [-0.39, 0.29) is 18.0 Å². The largest absolute Gasteiger partial charge is 0.379 e. The Morgan fingerprint density at radius 2 is 2.41 bits per heavy atom. The zero-order chi connectivity index (χ0) is 12.4. The number of aromatic nitrogens is 1. The highest BCUT2D eigenvalue weighted by atomic mass is 79.9. The molecule has 1 aliphatic rings. The maximum atomic E-state index is 12.1. The molecule has 1 atom stereocenters. The first kappa shape index (κ1) is 12.6. The maximum Gasteiger partial charge on any atom is 0.268 e. The number of nitrogens with one attached hydrogen (secondary N) is 1. The summed E-state index contributed by atoms with van der Waals surface area (Å²) in [5.41, 5.74) is 0.693. The van der Waals surface area contributed by atoms with Crippen molar-refractivity contribution in [1.82, 2.24) is 9.88 Å². The summed E-state index contributed by atoms with van der Waals surface area (Å²) in [5, 5.41) is 3.00. The van der Waals surface area contributed by atoms with Crippen molar-refractivity contribution >= 4 is 21.8 Å². The first-order valence-electron chi connectivity index (χ1n) is 5.84. The van der Waals surface area contributed by atoms with Crippen LogP contribution in [0.3, 0.4) is 0 Å². The second-order valence-electron chi connectivity index (χ2n) is 4.58. The van der Waals surface area contributed by atoms with Crippen molar-refractivity contribution < 1.29 is 9.53 Å². The highest BCUT2D eigenvalue weighted by Gasteiger charge is 2.21. The SMILES string of the molecule is CC(C)n1cc(Br)cc1C(=O)NC1CCOC1. The number of hydrogen-bond donors (Lipinski definition) is 1. The third kappa shape index (κ3) is 2.90. The summed E-state index contributed by atoms with van der Waals surface area (Å²) in [6.07, 6.45) is 2.83. The van der Waals surface area contributed by atoms with E-state index >= 15 is 0 Å². The number of carbonyl (C=O) groups excluding carboxylic acids is 1. The summed E-state index contributed by atoms with van der Waals surface area (Å²) in [7, 11) is 0. The standard InChI is InChI=1S/C12H17BrN2O2/c1-8(2)15-6-9(13)5-11(15)12(16)14-10-3-4-17-7-10/h5-6,8,10H,3-4,7H2,1-2H3,(H,14,16). The number of amides is 1. The van der Waals surface area contributed by atoms with Gasteiger partial charge in [-0.1, -0.05) is 0 Å². The van der Waals surface area contributed by atoms with Gasteiger partial charge < -0.3 is 14.6 Å². The highest BCUT2D eigenvalue weighted by molar-refractivity contribution is 9.10. The van der Waals surface area contributed by atoms with E-state index in [1.807, 2.05) is 16.8 Å². The van der Waals surface area contributed by atoms with Crippen molar-refractivity contribution in [3.05, 3.63) is 22.4 Å². The molecule has 1 saturated heterocycles. The van der Waals surface area contributed by atoms with Crippen LogP contribution < -0.4 is 5.32 Å². The number of hydrogen-bond acceptors (Lipinski definition) is 2. The molecule has 0 aromatic carbocycles. The lowest BCUT2D eigenvalue weighted by atomic mass is 10.2. The number of ether oxygens (including phenoxy) is 1. The Morgan fingerprint density at radius 3 is 3.00 bits per heavy atom. The molecule has 0 bridgehead atoms. The lowest BCUT2D eigenvalue weighted by molar-refractivity contribution is 0.0919. The van der Waals surface area contributed by atoms with Crippen molar-refractivity contribution in [2.24, 2.45) is 0 Å². The number of halogens is 1. The number of rotatable bonds is 3. The first-order chi connectivity index (χ1) is 8.08. The average Bonchev–Trinajstić information content (AvgIpc) is 2.86. The molecule has 1 aromatic heterocycles. The molecule has 2 rings (SSSR count). The van der Waals surface area contributed by atoms with Gasteiger partial charge in [0, 0.05) is 23.3 Å². The van der Waals surface area contributed by atoms with E-state index in [0.717, 1.165) is 17.5 Å². The molecule has 1 N–H and O–H groups in total. The average molecular weight is 301 g/mol. The van der Waals surface area contributed by atoms with Crippen LogP contribution in [0.4, 0.5) is 0 Å². The summed E-state index contributed by atoms with van der Waals surface area (Å²) in [6.45, 7) is 5.47. The fourth-order valence-corrected chi connectivity index (χ4v) is 2.40. The molecule has 0 aliphatic carbocycles. The van der Waals surface area contributed by atoms with E-state index in [1.54, 1.807) is 0 Å². The third-order valence-electron chi connectivity index (χ3n) is 2.87. The van der Waals surface area contributed by atoms with Gasteiger partial charge in [-0.25, -0.2) is 0 Å². The van der Waals surface area contributed by atoms with E-state index < -0.39 is 0 Å². The maximum absolute atomic E-state index is 12.1. The van der Waals surface area contributed by atoms with Crippen molar-refractivity contribution in [2.75, 3.05) is 13.2 Å². The smallest absolute Gasteiger partial charge is 0.268 e. The summed E-state index contributed by atoms with van der Waals surface area (Å²) < 4.78 is 8.14. The molecular formula is C12H17BrN2O2. The molecule has 17 heavy (non-hydrogen) atoms. The Kier molecular flexibility index (Phi) is 3.89. The third-order valence-corrected chi connectivity index (χ3v) is 3.30. The number of nitrogens with zero attached hydrogens (tertiary/aromatic N) is 1. The molecule has 2 heterocycles.